The van der Waals surface area contributed by atoms with Crippen molar-refractivity contribution in [3.05, 3.63) is 22.7 Å². The van der Waals surface area contributed by atoms with Crippen LogP contribution in [0.3, 0.4) is 0 Å². The first-order valence-corrected chi connectivity index (χ1v) is 5.45. The van der Waals surface area contributed by atoms with Gasteiger partial charge in [-0.15, -0.1) is 0 Å². The number of carboxylic acid groups (broad SMARTS) is 1. The summed E-state index contributed by atoms with van der Waals surface area (Å²) >= 11 is 0. The highest BCUT2D eigenvalue weighted by atomic mass is 19.4. The van der Waals surface area contributed by atoms with Crippen molar-refractivity contribution in [3.63, 3.8) is 0 Å². The Labute approximate surface area is 111 Å². The van der Waals surface area contributed by atoms with Crippen molar-refractivity contribution in [3.8, 4) is 0 Å². The van der Waals surface area contributed by atoms with Crippen LogP contribution in [0, 0.1) is 0 Å². The Morgan fingerprint density at radius 1 is 1.50 bits per heavy atom. The molecule has 0 spiro atoms. The number of carboxylic acids is 1. The Morgan fingerprint density at radius 3 is 2.80 bits per heavy atom. The van der Waals surface area contributed by atoms with Crippen LogP contribution < -0.4 is 10.9 Å². The molecule has 0 fully saturated rings. The number of halogens is 3. The van der Waals surface area contributed by atoms with E-state index in [1.165, 1.54) is 12.4 Å². The summed E-state index contributed by atoms with van der Waals surface area (Å²) in [6.07, 6.45) is -2.00. The maximum Gasteiger partial charge on any atom is 0.411 e. The van der Waals surface area contributed by atoms with Gasteiger partial charge >= 0.3 is 12.1 Å². The van der Waals surface area contributed by atoms with Crippen LogP contribution in [-0.2, 0) is 16.1 Å². The monoisotopic (exact) mass is 295 g/mol. The van der Waals surface area contributed by atoms with Crippen LogP contribution in [0.25, 0.3) is 0 Å². The second kappa shape index (κ2) is 6.89. The SMILES string of the molecule is O=C(O)Cn1ccnc(NCCOCC(F)(F)F)c1=O. The predicted octanol–water partition coefficient (Wildman–Crippen LogP) is 0.319. The van der Waals surface area contributed by atoms with Gasteiger partial charge in [0.15, 0.2) is 5.82 Å². The minimum Gasteiger partial charge on any atom is -0.480 e. The van der Waals surface area contributed by atoms with E-state index in [0.717, 1.165) is 4.57 Å². The number of anilines is 1. The molecule has 2 N–H and O–H groups in total. The second-order valence-corrected chi connectivity index (χ2v) is 3.70. The summed E-state index contributed by atoms with van der Waals surface area (Å²) in [6.45, 7) is -2.23. The highest BCUT2D eigenvalue weighted by Gasteiger charge is 2.27. The minimum absolute atomic E-state index is 0.0601. The van der Waals surface area contributed by atoms with Crippen LogP contribution in [0.2, 0.25) is 0 Å². The highest BCUT2D eigenvalue weighted by molar-refractivity contribution is 5.66. The quantitative estimate of drug-likeness (QED) is 0.704. The lowest BCUT2D eigenvalue weighted by molar-refractivity contribution is -0.172. The number of aliphatic carboxylic acids is 1. The van der Waals surface area contributed by atoms with Crippen molar-refractivity contribution in [2.75, 3.05) is 25.1 Å². The molecule has 0 bridgehead atoms. The molecule has 0 atom stereocenters. The Balaban J connectivity index is 2.48. The van der Waals surface area contributed by atoms with Crippen LogP contribution in [-0.4, -0.2) is 46.6 Å². The summed E-state index contributed by atoms with van der Waals surface area (Å²) in [5.74, 6) is -1.35. The van der Waals surface area contributed by atoms with Gasteiger partial charge in [-0.3, -0.25) is 14.2 Å². The molecule has 0 aliphatic rings. The van der Waals surface area contributed by atoms with E-state index in [2.05, 4.69) is 15.0 Å². The van der Waals surface area contributed by atoms with Crippen molar-refractivity contribution >= 4 is 11.8 Å². The van der Waals surface area contributed by atoms with Crippen molar-refractivity contribution in [2.24, 2.45) is 0 Å². The third kappa shape index (κ3) is 5.69. The number of alkyl halides is 3. The van der Waals surface area contributed by atoms with Crippen molar-refractivity contribution in [1.82, 2.24) is 9.55 Å². The molecule has 1 heterocycles. The van der Waals surface area contributed by atoms with Crippen molar-refractivity contribution in [1.29, 1.82) is 0 Å². The first-order valence-electron chi connectivity index (χ1n) is 5.45. The molecule has 0 unspecified atom stereocenters. The maximum atomic E-state index is 11.8. The van der Waals surface area contributed by atoms with E-state index in [0.29, 0.717) is 0 Å². The highest BCUT2D eigenvalue weighted by Crippen LogP contribution is 2.13. The molecule has 10 heteroatoms. The van der Waals surface area contributed by atoms with E-state index in [1.807, 2.05) is 0 Å². The van der Waals surface area contributed by atoms with E-state index >= 15 is 0 Å². The lowest BCUT2D eigenvalue weighted by atomic mass is 10.5. The summed E-state index contributed by atoms with van der Waals surface area (Å²) in [6, 6.07) is 0. The molecular formula is C10H12F3N3O4. The number of hydrogen-bond acceptors (Lipinski definition) is 5. The first kappa shape index (κ1) is 16.0. The van der Waals surface area contributed by atoms with Crippen LogP contribution in [0.4, 0.5) is 19.0 Å². The van der Waals surface area contributed by atoms with Gasteiger partial charge < -0.3 is 15.2 Å². The van der Waals surface area contributed by atoms with E-state index in [4.69, 9.17) is 5.11 Å². The average Bonchev–Trinajstić information content (AvgIpc) is 2.31. The molecule has 20 heavy (non-hydrogen) atoms. The Hall–Kier alpha value is -2.10. The smallest absolute Gasteiger partial charge is 0.411 e. The van der Waals surface area contributed by atoms with Gasteiger partial charge in [0.2, 0.25) is 0 Å². The molecular weight excluding hydrogens is 283 g/mol. The fourth-order valence-corrected chi connectivity index (χ4v) is 1.27. The number of nitrogens with zero attached hydrogens (tertiary/aromatic N) is 2. The van der Waals surface area contributed by atoms with Crippen molar-refractivity contribution in [2.45, 2.75) is 12.7 Å². The molecule has 0 aromatic carbocycles. The number of nitrogens with one attached hydrogen (secondary N) is 1. The summed E-state index contributed by atoms with van der Waals surface area (Å²) in [4.78, 5) is 25.9. The first-order chi connectivity index (χ1) is 9.29. The largest absolute Gasteiger partial charge is 0.480 e. The van der Waals surface area contributed by atoms with Crippen molar-refractivity contribution < 1.29 is 27.8 Å². The Morgan fingerprint density at radius 2 is 2.20 bits per heavy atom. The number of carbonyl (C=O) groups is 1. The summed E-state index contributed by atoms with van der Waals surface area (Å²) in [5, 5.41) is 11.1. The fraction of sp³-hybridized carbons (Fsp3) is 0.500. The molecule has 0 amide bonds. The number of hydrogen-bond donors (Lipinski definition) is 2. The normalized spacial score (nSPS) is 11.3. The van der Waals surface area contributed by atoms with Gasteiger partial charge in [0, 0.05) is 18.9 Å². The lowest BCUT2D eigenvalue weighted by Crippen LogP contribution is -2.28. The molecule has 1 aromatic rings. The molecule has 0 aliphatic carbocycles. The minimum atomic E-state index is -4.40. The van der Waals surface area contributed by atoms with E-state index in [9.17, 15) is 22.8 Å². The topological polar surface area (TPSA) is 93.4 Å². The zero-order chi connectivity index (χ0) is 15.2. The van der Waals surface area contributed by atoms with E-state index < -0.39 is 30.9 Å². The molecule has 7 nitrogen and oxygen atoms in total. The van der Waals surface area contributed by atoms with Crippen LogP contribution in [0.15, 0.2) is 17.2 Å². The average molecular weight is 295 g/mol. The lowest BCUT2D eigenvalue weighted by Gasteiger charge is -2.09. The number of aromatic nitrogens is 2. The molecule has 0 radical (unpaired) electrons. The van der Waals surface area contributed by atoms with Crippen LogP contribution >= 0.6 is 0 Å². The Bertz CT molecular complexity index is 515. The second-order valence-electron chi connectivity index (χ2n) is 3.70. The van der Waals surface area contributed by atoms with Gasteiger partial charge in [-0.05, 0) is 0 Å². The van der Waals surface area contributed by atoms with E-state index in [1.54, 1.807) is 0 Å². The van der Waals surface area contributed by atoms with Gasteiger partial charge in [0.1, 0.15) is 13.2 Å². The molecule has 0 saturated carbocycles. The standard InChI is InChI=1S/C10H12F3N3O4/c11-10(12,13)6-20-4-2-15-8-9(19)16(3-1-14-8)5-7(17)18/h1,3H,2,4-6H2,(H,14,15)(H,17,18). The maximum absolute atomic E-state index is 11.8. The molecule has 1 aromatic heterocycles. The van der Waals surface area contributed by atoms with E-state index in [-0.39, 0.29) is 19.0 Å². The molecule has 0 aliphatic heterocycles. The van der Waals surface area contributed by atoms with Gasteiger partial charge in [-0.2, -0.15) is 13.2 Å². The third-order valence-electron chi connectivity index (χ3n) is 2.02. The van der Waals surface area contributed by atoms with Gasteiger partial charge in [-0.1, -0.05) is 0 Å². The summed E-state index contributed by atoms with van der Waals surface area (Å²) in [5.41, 5.74) is -0.675. The molecule has 0 saturated heterocycles. The number of rotatable bonds is 7. The zero-order valence-corrected chi connectivity index (χ0v) is 10.2. The molecule has 1 rings (SSSR count). The summed E-state index contributed by atoms with van der Waals surface area (Å²) < 4.78 is 40.6. The van der Waals surface area contributed by atoms with Crippen LogP contribution in [0.1, 0.15) is 0 Å². The Kier molecular flexibility index (Phi) is 5.50. The third-order valence-corrected chi connectivity index (χ3v) is 2.02. The van der Waals surface area contributed by atoms with Gasteiger partial charge in [-0.25, -0.2) is 4.98 Å². The van der Waals surface area contributed by atoms with Gasteiger partial charge in [0.25, 0.3) is 5.56 Å². The zero-order valence-electron chi connectivity index (χ0n) is 10.2. The van der Waals surface area contributed by atoms with Crippen LogP contribution in [0.5, 0.6) is 0 Å². The van der Waals surface area contributed by atoms with Gasteiger partial charge in [0.05, 0.1) is 6.61 Å². The molecule has 112 valence electrons. The number of ether oxygens (including phenoxy) is 1. The fourth-order valence-electron chi connectivity index (χ4n) is 1.27. The summed E-state index contributed by atoms with van der Waals surface area (Å²) in [7, 11) is 0. The predicted molar refractivity (Wildman–Crippen MR) is 61.5 cm³/mol.